The van der Waals surface area contributed by atoms with Crippen LogP contribution in [0.2, 0.25) is 0 Å². The number of carbonyl (C=O) groups excluding carboxylic acids is 1. The Morgan fingerprint density at radius 3 is 2.56 bits per heavy atom. The van der Waals surface area contributed by atoms with Gasteiger partial charge in [0.1, 0.15) is 11.6 Å². The number of rotatable bonds is 4. The summed E-state index contributed by atoms with van der Waals surface area (Å²) in [6, 6.07) is 2.00. The van der Waals surface area contributed by atoms with Crippen molar-refractivity contribution in [3.05, 3.63) is 18.1 Å². The van der Waals surface area contributed by atoms with Gasteiger partial charge in [-0.1, -0.05) is 6.92 Å². The van der Waals surface area contributed by atoms with Crippen molar-refractivity contribution in [3.63, 3.8) is 0 Å². The maximum Gasteiger partial charge on any atom is 0.239 e. The Balaban J connectivity index is 1.33. The van der Waals surface area contributed by atoms with E-state index in [2.05, 4.69) is 28.6 Å². The minimum Gasteiger partial charge on any atom is -0.378 e. The van der Waals surface area contributed by atoms with Crippen molar-refractivity contribution < 1.29 is 9.53 Å². The SMILES string of the molecule is CC1CN(C(C)C(=O)N2CCC(c3nccc(N4CCOCC4)n3)CC2)C1. The van der Waals surface area contributed by atoms with Gasteiger partial charge in [0.25, 0.3) is 0 Å². The highest BCUT2D eigenvalue weighted by atomic mass is 16.5. The number of nitrogens with zero attached hydrogens (tertiary/aromatic N) is 5. The van der Waals surface area contributed by atoms with Gasteiger partial charge < -0.3 is 14.5 Å². The highest BCUT2D eigenvalue weighted by molar-refractivity contribution is 5.81. The number of piperidine rings is 1. The summed E-state index contributed by atoms with van der Waals surface area (Å²) in [5.41, 5.74) is 0. The summed E-state index contributed by atoms with van der Waals surface area (Å²) in [6.07, 6.45) is 3.76. The second kappa shape index (κ2) is 8.10. The summed E-state index contributed by atoms with van der Waals surface area (Å²) in [5.74, 6) is 3.28. The number of ether oxygens (including phenoxy) is 1. The lowest BCUT2D eigenvalue weighted by Gasteiger charge is -2.43. The van der Waals surface area contributed by atoms with Crippen molar-refractivity contribution >= 4 is 11.7 Å². The lowest BCUT2D eigenvalue weighted by atomic mass is 9.94. The van der Waals surface area contributed by atoms with Crippen molar-refractivity contribution in [3.8, 4) is 0 Å². The molecule has 1 amide bonds. The maximum absolute atomic E-state index is 12.8. The van der Waals surface area contributed by atoms with E-state index in [1.165, 1.54) is 0 Å². The summed E-state index contributed by atoms with van der Waals surface area (Å²) in [5, 5.41) is 0. The first-order chi connectivity index (χ1) is 13.1. The number of carbonyl (C=O) groups is 1. The molecule has 27 heavy (non-hydrogen) atoms. The normalized spacial score (nSPS) is 23.9. The summed E-state index contributed by atoms with van der Waals surface area (Å²) < 4.78 is 5.43. The zero-order valence-electron chi connectivity index (χ0n) is 16.5. The Kier molecular flexibility index (Phi) is 5.59. The van der Waals surface area contributed by atoms with Gasteiger partial charge in [-0.05, 0) is 31.7 Å². The molecule has 4 heterocycles. The Morgan fingerprint density at radius 1 is 1.19 bits per heavy atom. The Morgan fingerprint density at radius 2 is 1.89 bits per heavy atom. The van der Waals surface area contributed by atoms with Crippen molar-refractivity contribution in [1.82, 2.24) is 19.8 Å². The second-order valence-corrected chi connectivity index (χ2v) is 8.21. The fourth-order valence-electron chi connectivity index (χ4n) is 4.37. The average Bonchev–Trinajstić information content (AvgIpc) is 2.71. The largest absolute Gasteiger partial charge is 0.378 e. The molecule has 4 rings (SSSR count). The zero-order valence-corrected chi connectivity index (χ0v) is 16.5. The van der Waals surface area contributed by atoms with E-state index in [4.69, 9.17) is 9.72 Å². The van der Waals surface area contributed by atoms with Crippen LogP contribution in [0, 0.1) is 5.92 Å². The Bertz CT molecular complexity index is 650. The number of anilines is 1. The molecule has 0 saturated carbocycles. The van der Waals surface area contributed by atoms with E-state index >= 15 is 0 Å². The molecular weight excluding hydrogens is 342 g/mol. The van der Waals surface area contributed by atoms with Gasteiger partial charge in [-0.3, -0.25) is 9.69 Å². The summed E-state index contributed by atoms with van der Waals surface area (Å²) >= 11 is 0. The van der Waals surface area contributed by atoms with Crippen LogP contribution >= 0.6 is 0 Å². The molecule has 3 aliphatic rings. The molecule has 0 N–H and O–H groups in total. The fourth-order valence-corrected chi connectivity index (χ4v) is 4.37. The lowest BCUT2D eigenvalue weighted by molar-refractivity contribution is -0.140. The van der Waals surface area contributed by atoms with Crippen LogP contribution in [0.15, 0.2) is 12.3 Å². The van der Waals surface area contributed by atoms with Crippen molar-refractivity contribution in [2.75, 3.05) is 57.4 Å². The monoisotopic (exact) mass is 373 g/mol. The zero-order chi connectivity index (χ0) is 18.8. The summed E-state index contributed by atoms with van der Waals surface area (Å²) in [7, 11) is 0. The van der Waals surface area contributed by atoms with E-state index in [9.17, 15) is 4.79 Å². The number of hydrogen-bond acceptors (Lipinski definition) is 6. The van der Waals surface area contributed by atoms with Crippen LogP contribution in [-0.4, -0.2) is 84.2 Å². The molecule has 3 fully saturated rings. The fraction of sp³-hybridized carbons (Fsp3) is 0.750. The molecule has 1 unspecified atom stereocenters. The van der Waals surface area contributed by atoms with Crippen LogP contribution in [0.4, 0.5) is 5.82 Å². The van der Waals surface area contributed by atoms with Gasteiger partial charge in [0.15, 0.2) is 0 Å². The lowest BCUT2D eigenvalue weighted by Crippen LogP contribution is -2.56. The highest BCUT2D eigenvalue weighted by Crippen LogP contribution is 2.28. The van der Waals surface area contributed by atoms with Crippen LogP contribution < -0.4 is 4.90 Å². The number of morpholine rings is 1. The van der Waals surface area contributed by atoms with Crippen LogP contribution in [0.25, 0.3) is 0 Å². The van der Waals surface area contributed by atoms with Crippen LogP contribution in [-0.2, 0) is 9.53 Å². The molecule has 0 bridgehead atoms. The molecule has 3 saturated heterocycles. The molecule has 7 nitrogen and oxygen atoms in total. The molecule has 7 heteroatoms. The number of hydrogen-bond donors (Lipinski definition) is 0. The van der Waals surface area contributed by atoms with Crippen LogP contribution in [0.3, 0.4) is 0 Å². The van der Waals surface area contributed by atoms with E-state index < -0.39 is 0 Å². The summed E-state index contributed by atoms with van der Waals surface area (Å²) in [6.45, 7) is 11.3. The minimum atomic E-state index is 0.0126. The van der Waals surface area contributed by atoms with Crippen molar-refractivity contribution in [2.45, 2.75) is 38.6 Å². The van der Waals surface area contributed by atoms with E-state index in [-0.39, 0.29) is 11.9 Å². The van der Waals surface area contributed by atoms with Gasteiger partial charge >= 0.3 is 0 Å². The van der Waals surface area contributed by atoms with Crippen LogP contribution in [0.1, 0.15) is 38.4 Å². The van der Waals surface area contributed by atoms with Gasteiger partial charge in [-0.2, -0.15) is 0 Å². The average molecular weight is 374 g/mol. The molecule has 1 aromatic heterocycles. The summed E-state index contributed by atoms with van der Waals surface area (Å²) in [4.78, 5) is 28.7. The molecule has 0 spiro atoms. The number of likely N-dealkylation sites (tertiary alicyclic amines) is 2. The van der Waals surface area contributed by atoms with Gasteiger partial charge in [-0.25, -0.2) is 9.97 Å². The predicted octanol–water partition coefficient (Wildman–Crippen LogP) is 1.36. The molecule has 1 aromatic rings. The molecule has 0 radical (unpaired) electrons. The number of amides is 1. The van der Waals surface area contributed by atoms with Crippen molar-refractivity contribution in [1.29, 1.82) is 0 Å². The third-order valence-electron chi connectivity index (χ3n) is 6.16. The predicted molar refractivity (Wildman–Crippen MR) is 104 cm³/mol. The standard InChI is InChI=1S/C20H31N5O2/c1-15-13-25(14-15)16(2)20(26)24-7-4-17(5-8-24)19-21-6-3-18(22-19)23-9-11-27-12-10-23/h3,6,15-17H,4-5,7-14H2,1-2H3. The second-order valence-electron chi connectivity index (χ2n) is 8.21. The Hall–Kier alpha value is -1.73. The Labute approximate surface area is 161 Å². The topological polar surface area (TPSA) is 61.8 Å². The smallest absolute Gasteiger partial charge is 0.239 e. The first kappa shape index (κ1) is 18.6. The van der Waals surface area contributed by atoms with E-state index in [0.29, 0.717) is 5.92 Å². The highest BCUT2D eigenvalue weighted by Gasteiger charge is 2.34. The van der Waals surface area contributed by atoms with Gasteiger partial charge in [0.05, 0.1) is 19.3 Å². The van der Waals surface area contributed by atoms with Crippen LogP contribution in [0.5, 0.6) is 0 Å². The van der Waals surface area contributed by atoms with Gasteiger partial charge in [0.2, 0.25) is 5.91 Å². The van der Waals surface area contributed by atoms with Gasteiger partial charge in [-0.15, -0.1) is 0 Å². The quantitative estimate of drug-likeness (QED) is 0.794. The maximum atomic E-state index is 12.8. The minimum absolute atomic E-state index is 0.0126. The molecule has 0 aliphatic carbocycles. The van der Waals surface area contributed by atoms with Gasteiger partial charge in [0, 0.05) is 51.4 Å². The first-order valence-corrected chi connectivity index (χ1v) is 10.3. The molecular formula is C20H31N5O2. The van der Waals surface area contributed by atoms with E-state index in [1.807, 2.05) is 17.2 Å². The molecule has 148 valence electrons. The van der Waals surface area contributed by atoms with Crippen molar-refractivity contribution in [2.24, 2.45) is 5.92 Å². The number of aromatic nitrogens is 2. The third-order valence-corrected chi connectivity index (χ3v) is 6.16. The molecule has 3 aliphatic heterocycles. The molecule has 0 aromatic carbocycles. The molecule has 1 atom stereocenters. The third kappa shape index (κ3) is 4.09. The van der Waals surface area contributed by atoms with E-state index in [0.717, 1.165) is 82.9 Å². The van der Waals surface area contributed by atoms with E-state index in [1.54, 1.807) is 0 Å². The first-order valence-electron chi connectivity index (χ1n) is 10.3.